The summed E-state index contributed by atoms with van der Waals surface area (Å²) in [6.07, 6.45) is 0.0624. The molecule has 0 bridgehead atoms. The van der Waals surface area contributed by atoms with Crippen LogP contribution >= 0.6 is 11.6 Å². The third-order valence-corrected chi connectivity index (χ3v) is 3.28. The second kappa shape index (κ2) is 6.01. The van der Waals surface area contributed by atoms with Gasteiger partial charge in [0, 0.05) is 0 Å². The highest BCUT2D eigenvalue weighted by molar-refractivity contribution is 6.30. The molecule has 2 nitrogen and oxygen atoms in total. The molecule has 1 unspecified atom stereocenters. The molecule has 0 fully saturated rings. The summed E-state index contributed by atoms with van der Waals surface area (Å²) in [7, 11) is 0. The Morgan fingerprint density at radius 1 is 1.20 bits per heavy atom. The third kappa shape index (κ3) is 3.33. The number of carbonyl (C=O) groups is 1. The highest BCUT2D eigenvalue weighted by atomic mass is 35.5. The molecule has 104 valence electrons. The fourth-order valence-electron chi connectivity index (χ4n) is 1.97. The lowest BCUT2D eigenvalue weighted by molar-refractivity contribution is -0.138. The average molecular weight is 297 g/mol. The molecule has 0 spiro atoms. The monoisotopic (exact) mass is 296 g/mol. The van der Waals surface area contributed by atoms with Gasteiger partial charge >= 0.3 is 5.97 Å². The molecule has 0 saturated carbocycles. The molecule has 0 amide bonds. The quantitative estimate of drug-likeness (QED) is 0.925. The Morgan fingerprint density at radius 2 is 1.95 bits per heavy atom. The van der Waals surface area contributed by atoms with E-state index in [9.17, 15) is 18.7 Å². The van der Waals surface area contributed by atoms with Crippen molar-refractivity contribution in [1.82, 2.24) is 0 Å². The van der Waals surface area contributed by atoms with Crippen molar-refractivity contribution in [3.63, 3.8) is 0 Å². The summed E-state index contributed by atoms with van der Waals surface area (Å²) < 4.78 is 26.5. The van der Waals surface area contributed by atoms with Gasteiger partial charge in [-0.05, 0) is 41.8 Å². The molecule has 0 aliphatic heterocycles. The van der Waals surface area contributed by atoms with Crippen LogP contribution < -0.4 is 0 Å². The van der Waals surface area contributed by atoms with Crippen LogP contribution in [-0.4, -0.2) is 11.1 Å². The predicted octanol–water partition coefficient (Wildman–Crippen LogP) is 4.03. The predicted molar refractivity (Wildman–Crippen MR) is 71.9 cm³/mol. The minimum absolute atomic E-state index is 0.0219. The molecule has 5 heteroatoms. The van der Waals surface area contributed by atoms with Crippen molar-refractivity contribution < 1.29 is 18.7 Å². The van der Waals surface area contributed by atoms with Gasteiger partial charge in [-0.15, -0.1) is 0 Å². The first-order valence-corrected chi connectivity index (χ1v) is 6.27. The molecule has 20 heavy (non-hydrogen) atoms. The van der Waals surface area contributed by atoms with Gasteiger partial charge < -0.3 is 5.11 Å². The molecule has 2 rings (SSSR count). The lowest BCUT2D eigenvalue weighted by atomic mass is 9.92. The van der Waals surface area contributed by atoms with Crippen molar-refractivity contribution in [2.45, 2.75) is 12.3 Å². The minimum atomic E-state index is -1.09. The zero-order valence-corrected chi connectivity index (χ0v) is 11.1. The molecule has 1 N–H and O–H groups in total. The number of carboxylic acids is 1. The Morgan fingerprint density at radius 3 is 2.55 bits per heavy atom. The Balaban J connectivity index is 2.30. The number of hydrogen-bond acceptors (Lipinski definition) is 1. The fraction of sp³-hybridized carbons (Fsp3) is 0.133. The summed E-state index contributed by atoms with van der Waals surface area (Å²) in [6, 6.07) is 9.52. The van der Waals surface area contributed by atoms with Crippen molar-refractivity contribution in [2.75, 3.05) is 0 Å². The van der Waals surface area contributed by atoms with Gasteiger partial charge in [0.15, 0.2) is 0 Å². The van der Waals surface area contributed by atoms with E-state index in [1.54, 1.807) is 6.07 Å². The number of aliphatic carboxylic acids is 1. The zero-order valence-electron chi connectivity index (χ0n) is 10.3. The van der Waals surface area contributed by atoms with Crippen LogP contribution in [0.25, 0.3) is 0 Å². The van der Waals surface area contributed by atoms with Crippen molar-refractivity contribution in [3.8, 4) is 0 Å². The lowest BCUT2D eigenvalue weighted by Gasteiger charge is -2.13. The topological polar surface area (TPSA) is 37.3 Å². The Bertz CT molecular complexity index is 644. The molecule has 0 aliphatic rings. The Hall–Kier alpha value is -1.94. The highest BCUT2D eigenvalue weighted by Crippen LogP contribution is 2.24. The van der Waals surface area contributed by atoms with Crippen LogP contribution in [0.4, 0.5) is 8.78 Å². The maximum Gasteiger partial charge on any atom is 0.311 e. The van der Waals surface area contributed by atoms with Crippen LogP contribution in [-0.2, 0) is 11.2 Å². The second-order valence-electron chi connectivity index (χ2n) is 4.40. The van der Waals surface area contributed by atoms with Crippen molar-refractivity contribution in [2.24, 2.45) is 0 Å². The van der Waals surface area contributed by atoms with E-state index in [4.69, 9.17) is 11.6 Å². The molecular formula is C15H11ClF2O2. The summed E-state index contributed by atoms with van der Waals surface area (Å²) in [5.41, 5.74) is 0.830. The van der Waals surface area contributed by atoms with Crippen molar-refractivity contribution >= 4 is 17.6 Å². The van der Waals surface area contributed by atoms with Gasteiger partial charge in [-0.25, -0.2) is 8.78 Å². The first kappa shape index (κ1) is 14.5. The Labute approximate surface area is 119 Å². The van der Waals surface area contributed by atoms with Crippen molar-refractivity contribution in [3.05, 3.63) is 70.2 Å². The lowest BCUT2D eigenvalue weighted by Crippen LogP contribution is -2.14. The van der Waals surface area contributed by atoms with E-state index in [-0.39, 0.29) is 11.4 Å². The van der Waals surface area contributed by atoms with Crippen LogP contribution in [0.1, 0.15) is 17.0 Å². The maximum atomic E-state index is 13.4. The maximum absolute atomic E-state index is 13.4. The molecule has 1 atom stereocenters. The summed E-state index contributed by atoms with van der Waals surface area (Å²) in [5, 5.41) is 9.24. The van der Waals surface area contributed by atoms with Crippen molar-refractivity contribution in [1.29, 1.82) is 0 Å². The molecule has 0 aliphatic carbocycles. The van der Waals surface area contributed by atoms with Gasteiger partial charge in [0.05, 0.1) is 10.9 Å². The molecule has 2 aromatic rings. The SMILES string of the molecule is O=C(O)C(Cc1ccc(Cl)c(F)c1)c1cccc(F)c1. The molecule has 0 heterocycles. The summed E-state index contributed by atoms with van der Waals surface area (Å²) in [4.78, 5) is 11.3. The smallest absolute Gasteiger partial charge is 0.311 e. The number of benzene rings is 2. The first-order chi connectivity index (χ1) is 9.47. The summed E-state index contributed by atoms with van der Waals surface area (Å²) in [6.45, 7) is 0. The minimum Gasteiger partial charge on any atom is -0.481 e. The number of rotatable bonds is 4. The normalized spacial score (nSPS) is 12.2. The van der Waals surface area contributed by atoms with Crippen LogP contribution in [0, 0.1) is 11.6 Å². The number of carboxylic acid groups (broad SMARTS) is 1. The van der Waals surface area contributed by atoms with Crippen LogP contribution in [0.2, 0.25) is 5.02 Å². The Kier molecular flexibility index (Phi) is 4.35. The molecule has 0 radical (unpaired) electrons. The zero-order chi connectivity index (χ0) is 14.7. The van der Waals surface area contributed by atoms with E-state index in [2.05, 4.69) is 0 Å². The number of hydrogen-bond donors (Lipinski definition) is 1. The van der Waals surface area contributed by atoms with E-state index >= 15 is 0 Å². The molecular weight excluding hydrogens is 286 g/mol. The first-order valence-electron chi connectivity index (χ1n) is 5.89. The van der Waals surface area contributed by atoms with Gasteiger partial charge in [-0.3, -0.25) is 4.79 Å². The van der Waals surface area contributed by atoms with Crippen LogP contribution in [0.5, 0.6) is 0 Å². The molecule has 0 aromatic heterocycles. The molecule has 2 aromatic carbocycles. The van der Waals surface area contributed by atoms with Gasteiger partial charge in [0.25, 0.3) is 0 Å². The summed E-state index contributed by atoms with van der Waals surface area (Å²) >= 11 is 5.58. The summed E-state index contributed by atoms with van der Waals surface area (Å²) in [5.74, 6) is -3.14. The van der Waals surface area contributed by atoms with E-state index in [1.165, 1.54) is 36.4 Å². The van der Waals surface area contributed by atoms with Crippen LogP contribution in [0.15, 0.2) is 42.5 Å². The van der Waals surface area contributed by atoms with Crippen LogP contribution in [0.3, 0.4) is 0 Å². The third-order valence-electron chi connectivity index (χ3n) is 2.97. The van der Waals surface area contributed by atoms with E-state index in [0.717, 1.165) is 0 Å². The van der Waals surface area contributed by atoms with Gasteiger partial charge in [0.2, 0.25) is 0 Å². The average Bonchev–Trinajstić information content (AvgIpc) is 2.39. The van der Waals surface area contributed by atoms with E-state index in [1.807, 2.05) is 0 Å². The second-order valence-corrected chi connectivity index (χ2v) is 4.81. The largest absolute Gasteiger partial charge is 0.481 e. The molecule has 0 saturated heterocycles. The van der Waals surface area contributed by atoms with Gasteiger partial charge in [-0.1, -0.05) is 29.8 Å². The van der Waals surface area contributed by atoms with Gasteiger partial charge in [-0.2, -0.15) is 0 Å². The van der Waals surface area contributed by atoms with E-state index < -0.39 is 23.5 Å². The number of halogens is 3. The van der Waals surface area contributed by atoms with E-state index in [0.29, 0.717) is 11.1 Å². The standard InChI is InChI=1S/C15H11ClF2O2/c16-13-5-4-9(7-14(13)18)6-12(15(19)20)10-2-1-3-11(17)8-10/h1-5,7-8,12H,6H2,(H,19,20). The highest BCUT2D eigenvalue weighted by Gasteiger charge is 2.21. The van der Waals surface area contributed by atoms with Gasteiger partial charge in [0.1, 0.15) is 11.6 Å². The fourth-order valence-corrected chi connectivity index (χ4v) is 2.09.